The van der Waals surface area contributed by atoms with E-state index >= 15 is 0 Å². The normalized spacial score (nSPS) is 12.6. The van der Waals surface area contributed by atoms with Crippen LogP contribution in [0.25, 0.3) is 11.5 Å². The zero-order valence-corrected chi connectivity index (χ0v) is 11.7. The first kappa shape index (κ1) is 12.5. The van der Waals surface area contributed by atoms with Gasteiger partial charge >= 0.3 is 0 Å². The summed E-state index contributed by atoms with van der Waals surface area (Å²) in [5, 5.41) is 3.93. The third-order valence-electron chi connectivity index (χ3n) is 2.53. The van der Waals surface area contributed by atoms with Crippen LogP contribution < -0.4 is 5.73 Å². The lowest BCUT2D eigenvalue weighted by atomic mass is 10.1. The van der Waals surface area contributed by atoms with Gasteiger partial charge in [0.1, 0.15) is 0 Å². The smallest absolute Gasteiger partial charge is 0.257 e. The van der Waals surface area contributed by atoms with Gasteiger partial charge in [0.2, 0.25) is 0 Å². The number of aromatic nitrogens is 2. The van der Waals surface area contributed by atoms with E-state index in [0.29, 0.717) is 18.1 Å². The molecule has 2 aromatic rings. The minimum atomic E-state index is 0.0946. The van der Waals surface area contributed by atoms with E-state index in [1.54, 1.807) is 0 Å². The van der Waals surface area contributed by atoms with E-state index in [-0.39, 0.29) is 6.04 Å². The van der Waals surface area contributed by atoms with Gasteiger partial charge in [0.25, 0.3) is 5.89 Å². The summed E-state index contributed by atoms with van der Waals surface area (Å²) in [5.41, 5.74) is 6.79. The van der Waals surface area contributed by atoms with Gasteiger partial charge in [-0.3, -0.25) is 0 Å². The first-order chi connectivity index (χ1) is 8.19. The first-order valence-electron chi connectivity index (χ1n) is 5.53. The summed E-state index contributed by atoms with van der Waals surface area (Å²) >= 11 is 2.26. The molecule has 2 N–H and O–H groups in total. The van der Waals surface area contributed by atoms with Gasteiger partial charge in [0.05, 0.1) is 0 Å². The molecule has 0 fully saturated rings. The second-order valence-corrected chi connectivity index (χ2v) is 5.14. The average Bonchev–Trinajstić information content (AvgIpc) is 2.78. The van der Waals surface area contributed by atoms with E-state index in [2.05, 4.69) is 32.7 Å². The molecule has 1 atom stereocenters. The van der Waals surface area contributed by atoms with Gasteiger partial charge < -0.3 is 10.3 Å². The zero-order valence-electron chi connectivity index (χ0n) is 9.56. The Labute approximate surface area is 114 Å². The predicted molar refractivity (Wildman–Crippen MR) is 74.4 cm³/mol. The highest BCUT2D eigenvalue weighted by molar-refractivity contribution is 14.1. The second-order valence-electron chi connectivity index (χ2n) is 3.90. The summed E-state index contributed by atoms with van der Waals surface area (Å²) in [7, 11) is 0. The molecule has 0 saturated heterocycles. The molecule has 0 radical (unpaired) electrons. The molecule has 1 heterocycles. The van der Waals surface area contributed by atoms with Crippen LogP contribution in [0.2, 0.25) is 0 Å². The van der Waals surface area contributed by atoms with Gasteiger partial charge in [-0.05, 0) is 53.3 Å². The van der Waals surface area contributed by atoms with Crippen molar-refractivity contribution in [3.63, 3.8) is 0 Å². The van der Waals surface area contributed by atoms with Crippen LogP contribution in [-0.2, 0) is 6.42 Å². The fourth-order valence-corrected chi connectivity index (χ4v) is 1.79. The number of nitrogens with zero attached hydrogens (tertiary/aromatic N) is 2. The Hall–Kier alpha value is -0.950. The SMILES string of the molecule is CCC(N)Cc1noc(-c2ccc(I)cc2)n1. The van der Waals surface area contributed by atoms with E-state index in [4.69, 9.17) is 10.3 Å². The van der Waals surface area contributed by atoms with Crippen molar-refractivity contribution in [3.05, 3.63) is 33.7 Å². The molecule has 2 rings (SSSR count). The molecule has 0 spiro atoms. The van der Waals surface area contributed by atoms with Crippen LogP contribution >= 0.6 is 22.6 Å². The Balaban J connectivity index is 2.15. The van der Waals surface area contributed by atoms with Crippen molar-refractivity contribution in [3.8, 4) is 11.5 Å². The van der Waals surface area contributed by atoms with Crippen molar-refractivity contribution in [2.24, 2.45) is 5.73 Å². The fourth-order valence-electron chi connectivity index (χ4n) is 1.43. The molecule has 4 nitrogen and oxygen atoms in total. The van der Waals surface area contributed by atoms with Gasteiger partial charge in [-0.15, -0.1) is 0 Å². The number of nitrogens with two attached hydrogens (primary N) is 1. The maximum atomic E-state index is 5.85. The van der Waals surface area contributed by atoms with Crippen LogP contribution in [0.1, 0.15) is 19.2 Å². The number of hydrogen-bond donors (Lipinski definition) is 1. The van der Waals surface area contributed by atoms with Gasteiger partial charge in [-0.2, -0.15) is 4.98 Å². The van der Waals surface area contributed by atoms with Crippen molar-refractivity contribution in [2.45, 2.75) is 25.8 Å². The summed E-state index contributed by atoms with van der Waals surface area (Å²) in [4.78, 5) is 4.34. The van der Waals surface area contributed by atoms with Crippen LogP contribution in [0.3, 0.4) is 0 Å². The Morgan fingerprint density at radius 2 is 2.06 bits per heavy atom. The van der Waals surface area contributed by atoms with Crippen LogP contribution in [0.4, 0.5) is 0 Å². The number of halogens is 1. The molecule has 0 aliphatic heterocycles. The van der Waals surface area contributed by atoms with Crippen molar-refractivity contribution in [1.82, 2.24) is 10.1 Å². The molecule has 5 heteroatoms. The Kier molecular flexibility index (Phi) is 4.11. The highest BCUT2D eigenvalue weighted by Gasteiger charge is 2.11. The van der Waals surface area contributed by atoms with E-state index in [0.717, 1.165) is 12.0 Å². The number of benzene rings is 1. The Bertz CT molecular complexity index is 481. The molecular formula is C12H14IN3O. The summed E-state index contributed by atoms with van der Waals surface area (Å²) in [6, 6.07) is 8.06. The quantitative estimate of drug-likeness (QED) is 0.867. The lowest BCUT2D eigenvalue weighted by molar-refractivity contribution is 0.419. The van der Waals surface area contributed by atoms with Crippen molar-refractivity contribution < 1.29 is 4.52 Å². The topological polar surface area (TPSA) is 64.9 Å². The van der Waals surface area contributed by atoms with Crippen LogP contribution in [0.5, 0.6) is 0 Å². The second kappa shape index (κ2) is 5.59. The highest BCUT2D eigenvalue weighted by atomic mass is 127. The molecule has 0 aliphatic carbocycles. The van der Waals surface area contributed by atoms with Gasteiger partial charge in [-0.1, -0.05) is 12.1 Å². The molecule has 1 aromatic carbocycles. The standard InChI is InChI=1S/C12H14IN3O/c1-2-10(14)7-11-15-12(17-16-11)8-3-5-9(13)6-4-8/h3-6,10H,2,7,14H2,1H3. The summed E-state index contributed by atoms with van der Waals surface area (Å²) in [6.45, 7) is 2.05. The number of rotatable bonds is 4. The third kappa shape index (κ3) is 3.26. The molecule has 1 aromatic heterocycles. The largest absolute Gasteiger partial charge is 0.334 e. The minimum Gasteiger partial charge on any atom is -0.334 e. The summed E-state index contributed by atoms with van der Waals surface area (Å²) in [5.74, 6) is 1.23. The van der Waals surface area contributed by atoms with Crippen LogP contribution in [0.15, 0.2) is 28.8 Å². The number of hydrogen-bond acceptors (Lipinski definition) is 4. The maximum Gasteiger partial charge on any atom is 0.257 e. The van der Waals surface area contributed by atoms with Gasteiger partial charge in [-0.25, -0.2) is 0 Å². The maximum absolute atomic E-state index is 5.85. The molecule has 0 saturated carbocycles. The van der Waals surface area contributed by atoms with E-state index in [1.807, 2.05) is 31.2 Å². The summed E-state index contributed by atoms with van der Waals surface area (Å²) in [6.07, 6.45) is 1.57. The van der Waals surface area contributed by atoms with Crippen molar-refractivity contribution in [1.29, 1.82) is 0 Å². The van der Waals surface area contributed by atoms with Crippen LogP contribution in [-0.4, -0.2) is 16.2 Å². The molecule has 17 heavy (non-hydrogen) atoms. The first-order valence-corrected chi connectivity index (χ1v) is 6.61. The molecular weight excluding hydrogens is 329 g/mol. The molecule has 90 valence electrons. The van der Waals surface area contributed by atoms with Crippen molar-refractivity contribution in [2.75, 3.05) is 0 Å². The fraction of sp³-hybridized carbons (Fsp3) is 0.333. The third-order valence-corrected chi connectivity index (χ3v) is 3.25. The predicted octanol–water partition coefficient (Wildman–Crippen LogP) is 2.62. The Morgan fingerprint density at radius 3 is 2.71 bits per heavy atom. The lowest BCUT2D eigenvalue weighted by Crippen LogP contribution is -2.21. The van der Waals surface area contributed by atoms with E-state index < -0.39 is 0 Å². The highest BCUT2D eigenvalue weighted by Crippen LogP contribution is 2.18. The lowest BCUT2D eigenvalue weighted by Gasteiger charge is -2.02. The zero-order chi connectivity index (χ0) is 12.3. The Morgan fingerprint density at radius 1 is 1.35 bits per heavy atom. The van der Waals surface area contributed by atoms with Gasteiger partial charge in [0, 0.05) is 21.6 Å². The molecule has 0 aliphatic rings. The van der Waals surface area contributed by atoms with Gasteiger partial charge in [0.15, 0.2) is 5.82 Å². The minimum absolute atomic E-state index is 0.0946. The average molecular weight is 343 g/mol. The van der Waals surface area contributed by atoms with Crippen molar-refractivity contribution >= 4 is 22.6 Å². The molecule has 1 unspecified atom stereocenters. The summed E-state index contributed by atoms with van der Waals surface area (Å²) < 4.78 is 6.40. The van der Waals surface area contributed by atoms with E-state index in [9.17, 15) is 0 Å². The van der Waals surface area contributed by atoms with E-state index in [1.165, 1.54) is 3.57 Å². The van der Waals surface area contributed by atoms with Crippen LogP contribution in [0, 0.1) is 3.57 Å². The molecule has 0 bridgehead atoms. The monoisotopic (exact) mass is 343 g/mol. The molecule has 0 amide bonds.